The van der Waals surface area contributed by atoms with Crippen molar-refractivity contribution in [2.24, 2.45) is 0 Å². The lowest BCUT2D eigenvalue weighted by molar-refractivity contribution is 0.561. The van der Waals surface area contributed by atoms with Gasteiger partial charge in [-0.15, -0.1) is 11.3 Å². The van der Waals surface area contributed by atoms with Gasteiger partial charge in [-0.05, 0) is 7.05 Å². The highest BCUT2D eigenvalue weighted by atomic mass is 32.2. The zero-order chi connectivity index (χ0) is 14.0. The van der Waals surface area contributed by atoms with Gasteiger partial charge in [0.25, 0.3) is 0 Å². The van der Waals surface area contributed by atoms with Crippen LogP contribution in [0.2, 0.25) is 0 Å². The van der Waals surface area contributed by atoms with Crippen LogP contribution in [0.15, 0.2) is 0 Å². The maximum atomic E-state index is 11.6. The molecule has 0 unspecified atom stereocenters. The van der Waals surface area contributed by atoms with E-state index in [0.717, 1.165) is 17.1 Å². The Morgan fingerprint density at radius 1 is 1.33 bits per heavy atom. The number of nitrogens with one attached hydrogen (secondary N) is 1. The van der Waals surface area contributed by atoms with Crippen molar-refractivity contribution in [1.82, 2.24) is 10.3 Å². The standard InChI is InChI=1S/C12H22N2O2S2/c1-6-18(15,16)8-10-14-11(12(2,3)4)9(17-10)7-13-5/h13H,6-8H2,1-5H3. The SMILES string of the molecule is CCS(=O)(=O)Cc1nc(C(C)(C)C)c(CNC)s1. The summed E-state index contributed by atoms with van der Waals surface area (Å²) in [7, 11) is -1.13. The molecule has 18 heavy (non-hydrogen) atoms. The Morgan fingerprint density at radius 3 is 2.39 bits per heavy atom. The van der Waals surface area contributed by atoms with Crippen molar-refractivity contribution >= 4 is 21.2 Å². The Labute approximate surface area is 114 Å². The second-order valence-corrected chi connectivity index (χ2v) is 8.86. The molecule has 1 N–H and O–H groups in total. The highest BCUT2D eigenvalue weighted by Gasteiger charge is 2.24. The van der Waals surface area contributed by atoms with E-state index in [1.807, 2.05) is 7.05 Å². The maximum Gasteiger partial charge on any atom is 0.156 e. The minimum absolute atomic E-state index is 0.0565. The number of rotatable bonds is 5. The van der Waals surface area contributed by atoms with Crippen molar-refractivity contribution in [3.05, 3.63) is 15.6 Å². The summed E-state index contributed by atoms with van der Waals surface area (Å²) >= 11 is 1.50. The van der Waals surface area contributed by atoms with E-state index in [9.17, 15) is 8.42 Å². The molecule has 1 aromatic rings. The number of hydrogen-bond donors (Lipinski definition) is 1. The van der Waals surface area contributed by atoms with Crippen LogP contribution in [-0.4, -0.2) is 26.2 Å². The number of hydrogen-bond acceptors (Lipinski definition) is 5. The van der Waals surface area contributed by atoms with Gasteiger partial charge >= 0.3 is 0 Å². The fourth-order valence-electron chi connectivity index (χ4n) is 1.62. The summed E-state index contributed by atoms with van der Waals surface area (Å²) in [4.78, 5) is 5.66. The van der Waals surface area contributed by atoms with Gasteiger partial charge in [0, 0.05) is 22.6 Å². The molecule has 104 valence electrons. The second kappa shape index (κ2) is 5.67. The number of nitrogens with zero attached hydrogens (tertiary/aromatic N) is 1. The van der Waals surface area contributed by atoms with Gasteiger partial charge in [0.2, 0.25) is 0 Å². The van der Waals surface area contributed by atoms with Crippen molar-refractivity contribution < 1.29 is 8.42 Å². The lowest BCUT2D eigenvalue weighted by Crippen LogP contribution is -2.17. The Bertz CT molecular complexity index is 499. The zero-order valence-electron chi connectivity index (χ0n) is 11.7. The summed E-state index contributed by atoms with van der Waals surface area (Å²) in [6.45, 7) is 8.69. The first-order valence-corrected chi connectivity index (χ1v) is 8.67. The molecule has 1 rings (SSSR count). The van der Waals surface area contributed by atoms with E-state index in [4.69, 9.17) is 0 Å². The highest BCUT2D eigenvalue weighted by Crippen LogP contribution is 2.30. The fraction of sp³-hybridized carbons (Fsp3) is 0.750. The molecule has 0 aliphatic carbocycles. The predicted molar refractivity (Wildman–Crippen MR) is 76.7 cm³/mol. The summed E-state index contributed by atoms with van der Waals surface area (Å²) in [5, 5.41) is 3.81. The van der Waals surface area contributed by atoms with Crippen LogP contribution in [0.25, 0.3) is 0 Å². The molecule has 1 aromatic heterocycles. The van der Waals surface area contributed by atoms with Gasteiger partial charge in [0.15, 0.2) is 9.84 Å². The summed E-state index contributed by atoms with van der Waals surface area (Å²) in [5.41, 5.74) is 0.944. The second-order valence-electron chi connectivity index (χ2n) is 5.34. The Kier molecular flexibility index (Phi) is 4.91. The van der Waals surface area contributed by atoms with Gasteiger partial charge in [-0.3, -0.25) is 0 Å². The first-order chi connectivity index (χ1) is 8.19. The van der Waals surface area contributed by atoms with Crippen LogP contribution in [0.3, 0.4) is 0 Å². The fourth-order valence-corrected chi connectivity index (χ4v) is 4.12. The van der Waals surface area contributed by atoms with E-state index in [2.05, 4.69) is 31.1 Å². The van der Waals surface area contributed by atoms with Crippen molar-refractivity contribution in [2.75, 3.05) is 12.8 Å². The van der Waals surface area contributed by atoms with Crippen LogP contribution in [0.5, 0.6) is 0 Å². The normalized spacial score (nSPS) is 12.9. The molecule has 0 aliphatic heterocycles. The topological polar surface area (TPSA) is 59.1 Å². The van der Waals surface area contributed by atoms with Crippen molar-refractivity contribution in [3.8, 4) is 0 Å². The molecule has 0 spiro atoms. The van der Waals surface area contributed by atoms with Crippen LogP contribution >= 0.6 is 11.3 Å². The van der Waals surface area contributed by atoms with Crippen LogP contribution < -0.4 is 5.32 Å². The molecule has 1 heterocycles. The average Bonchev–Trinajstić information content (AvgIpc) is 2.60. The average molecular weight is 290 g/mol. The molecule has 4 nitrogen and oxygen atoms in total. The van der Waals surface area contributed by atoms with Crippen LogP contribution in [0, 0.1) is 0 Å². The molecular formula is C12H22N2O2S2. The molecule has 6 heteroatoms. The quantitative estimate of drug-likeness (QED) is 0.902. The first-order valence-electron chi connectivity index (χ1n) is 6.03. The van der Waals surface area contributed by atoms with E-state index >= 15 is 0 Å². The maximum absolute atomic E-state index is 11.6. The lowest BCUT2D eigenvalue weighted by Gasteiger charge is -2.17. The van der Waals surface area contributed by atoms with Gasteiger partial charge in [-0.25, -0.2) is 13.4 Å². The third-order valence-electron chi connectivity index (χ3n) is 2.57. The minimum atomic E-state index is -3.01. The summed E-state index contributed by atoms with van der Waals surface area (Å²) in [6, 6.07) is 0. The minimum Gasteiger partial charge on any atom is -0.315 e. The monoisotopic (exact) mass is 290 g/mol. The predicted octanol–water partition coefficient (Wildman–Crippen LogP) is 2.09. The Balaban J connectivity index is 3.11. The molecule has 0 aromatic carbocycles. The Hall–Kier alpha value is -0.460. The van der Waals surface area contributed by atoms with Gasteiger partial charge in [0.05, 0.1) is 5.69 Å². The molecule has 0 radical (unpaired) electrons. The van der Waals surface area contributed by atoms with E-state index in [-0.39, 0.29) is 16.9 Å². The number of thiazole rings is 1. The molecule has 0 saturated heterocycles. The van der Waals surface area contributed by atoms with E-state index in [0.29, 0.717) is 5.01 Å². The van der Waals surface area contributed by atoms with Gasteiger partial charge in [0.1, 0.15) is 10.8 Å². The highest BCUT2D eigenvalue weighted by molar-refractivity contribution is 7.90. The number of aromatic nitrogens is 1. The van der Waals surface area contributed by atoms with Gasteiger partial charge in [-0.2, -0.15) is 0 Å². The lowest BCUT2D eigenvalue weighted by atomic mass is 9.91. The van der Waals surface area contributed by atoms with Crippen LogP contribution in [0.4, 0.5) is 0 Å². The van der Waals surface area contributed by atoms with Crippen molar-refractivity contribution in [2.45, 2.75) is 45.4 Å². The summed E-state index contributed by atoms with van der Waals surface area (Å²) in [5.74, 6) is 0.222. The van der Waals surface area contributed by atoms with E-state index < -0.39 is 9.84 Å². The Morgan fingerprint density at radius 2 is 1.94 bits per heavy atom. The summed E-state index contributed by atoms with van der Waals surface area (Å²) in [6.07, 6.45) is 0. The molecule has 0 fully saturated rings. The molecule has 0 amide bonds. The summed E-state index contributed by atoms with van der Waals surface area (Å²) < 4.78 is 23.3. The van der Waals surface area contributed by atoms with Crippen molar-refractivity contribution in [3.63, 3.8) is 0 Å². The third-order valence-corrected chi connectivity index (χ3v) is 5.40. The largest absolute Gasteiger partial charge is 0.315 e. The zero-order valence-corrected chi connectivity index (χ0v) is 13.3. The molecular weight excluding hydrogens is 268 g/mol. The molecule has 0 bridgehead atoms. The van der Waals surface area contributed by atoms with E-state index in [1.165, 1.54) is 11.3 Å². The third kappa shape index (κ3) is 4.03. The molecule has 0 aliphatic rings. The molecule has 0 saturated carbocycles. The first kappa shape index (κ1) is 15.6. The smallest absolute Gasteiger partial charge is 0.156 e. The van der Waals surface area contributed by atoms with Gasteiger partial charge < -0.3 is 5.32 Å². The van der Waals surface area contributed by atoms with Crippen LogP contribution in [-0.2, 0) is 27.5 Å². The van der Waals surface area contributed by atoms with Crippen LogP contribution in [0.1, 0.15) is 43.3 Å². The number of sulfone groups is 1. The van der Waals surface area contributed by atoms with E-state index in [1.54, 1.807) is 6.92 Å². The van der Waals surface area contributed by atoms with Gasteiger partial charge in [-0.1, -0.05) is 27.7 Å². The van der Waals surface area contributed by atoms with Crippen molar-refractivity contribution in [1.29, 1.82) is 0 Å². The molecule has 0 atom stereocenters.